The van der Waals surface area contributed by atoms with Gasteiger partial charge in [0.05, 0.1) is 11.5 Å². The molecule has 19 heavy (non-hydrogen) atoms. The van der Waals surface area contributed by atoms with Crippen LogP contribution in [-0.4, -0.2) is 17.6 Å². The van der Waals surface area contributed by atoms with Crippen molar-refractivity contribution in [1.82, 2.24) is 5.01 Å². The largest absolute Gasteiger partial charge is 0.269 e. The van der Waals surface area contributed by atoms with E-state index in [1.54, 1.807) is 0 Å². The summed E-state index contributed by atoms with van der Waals surface area (Å²) < 4.78 is 0. The fourth-order valence-corrected chi connectivity index (χ4v) is 3.24. The number of hydrogen-bond donors (Lipinski definition) is 1. The first kappa shape index (κ1) is 14.0. The second kappa shape index (κ2) is 5.73. The second-order valence-corrected chi connectivity index (χ2v) is 5.64. The van der Waals surface area contributed by atoms with Crippen LogP contribution in [0.3, 0.4) is 0 Å². The first-order valence-electron chi connectivity index (χ1n) is 7.11. The van der Waals surface area contributed by atoms with Gasteiger partial charge in [-0.05, 0) is 37.3 Å². The van der Waals surface area contributed by atoms with Crippen molar-refractivity contribution in [2.75, 3.05) is 6.54 Å². The Bertz CT molecular complexity index is 477. The molecule has 1 aliphatic rings. The van der Waals surface area contributed by atoms with E-state index in [1.165, 1.54) is 11.1 Å². The lowest BCUT2D eigenvalue weighted by Crippen LogP contribution is -2.51. The molecule has 1 saturated heterocycles. The van der Waals surface area contributed by atoms with E-state index in [0.717, 1.165) is 32.2 Å². The summed E-state index contributed by atoms with van der Waals surface area (Å²) in [7, 11) is 0. The Kier molecular flexibility index (Phi) is 4.24. The van der Waals surface area contributed by atoms with Crippen LogP contribution in [0.15, 0.2) is 24.3 Å². The third-order valence-corrected chi connectivity index (χ3v) is 4.35. The number of rotatable bonds is 3. The van der Waals surface area contributed by atoms with Gasteiger partial charge in [0.2, 0.25) is 0 Å². The van der Waals surface area contributed by atoms with Crippen LogP contribution in [0.25, 0.3) is 0 Å². The van der Waals surface area contributed by atoms with Gasteiger partial charge in [0.1, 0.15) is 0 Å². The standard InChI is InChI=1S/C16H23N3/c1-3-6-14-11-16(12-17,9-10-19(14)18)15-8-5-4-7-13(15)2/h4-5,7-8,14H,3,6,9-11,18H2,1-2H3. The predicted octanol–water partition coefficient (Wildman–Crippen LogP) is 2.89. The molecule has 0 bridgehead atoms. The molecule has 1 aliphatic heterocycles. The number of nitrogens with zero attached hydrogens (tertiary/aromatic N) is 2. The maximum atomic E-state index is 9.78. The average molecular weight is 257 g/mol. The highest BCUT2D eigenvalue weighted by atomic mass is 15.4. The van der Waals surface area contributed by atoms with Gasteiger partial charge in [-0.25, -0.2) is 5.01 Å². The Morgan fingerprint density at radius 1 is 1.47 bits per heavy atom. The van der Waals surface area contributed by atoms with Gasteiger partial charge in [-0.3, -0.25) is 5.84 Å². The third-order valence-electron chi connectivity index (χ3n) is 4.35. The zero-order valence-corrected chi connectivity index (χ0v) is 11.9. The number of piperidine rings is 1. The predicted molar refractivity (Wildman–Crippen MR) is 77.3 cm³/mol. The highest BCUT2D eigenvalue weighted by molar-refractivity contribution is 5.39. The topological polar surface area (TPSA) is 53.0 Å². The number of nitrogens with two attached hydrogens (primary N) is 1. The Labute approximate surface area is 116 Å². The summed E-state index contributed by atoms with van der Waals surface area (Å²) in [6, 6.07) is 11.2. The fourth-order valence-electron chi connectivity index (χ4n) is 3.24. The van der Waals surface area contributed by atoms with Gasteiger partial charge in [0, 0.05) is 12.6 Å². The maximum Gasteiger partial charge on any atom is 0.0853 e. The van der Waals surface area contributed by atoms with Gasteiger partial charge in [-0.15, -0.1) is 0 Å². The lowest BCUT2D eigenvalue weighted by Gasteiger charge is -2.42. The zero-order chi connectivity index (χ0) is 13.9. The fraction of sp³-hybridized carbons (Fsp3) is 0.562. The Hall–Kier alpha value is -1.37. The highest BCUT2D eigenvalue weighted by Gasteiger charge is 2.41. The van der Waals surface area contributed by atoms with E-state index in [1.807, 2.05) is 17.1 Å². The quantitative estimate of drug-likeness (QED) is 0.847. The van der Waals surface area contributed by atoms with Crippen LogP contribution in [0.4, 0.5) is 0 Å². The SMILES string of the molecule is CCCC1CC(C#N)(c2ccccc2C)CCN1N. The van der Waals surface area contributed by atoms with Crippen molar-refractivity contribution in [3.63, 3.8) is 0 Å². The van der Waals surface area contributed by atoms with Crippen molar-refractivity contribution < 1.29 is 0 Å². The number of aryl methyl sites for hydroxylation is 1. The summed E-state index contributed by atoms with van der Waals surface area (Å²) in [6.07, 6.45) is 3.84. The third kappa shape index (κ3) is 2.65. The molecule has 1 aromatic carbocycles. The van der Waals surface area contributed by atoms with Crippen molar-refractivity contribution in [3.8, 4) is 6.07 Å². The van der Waals surface area contributed by atoms with Gasteiger partial charge in [0.15, 0.2) is 0 Å². The smallest absolute Gasteiger partial charge is 0.0853 e. The lowest BCUT2D eigenvalue weighted by molar-refractivity contribution is 0.107. The molecule has 0 spiro atoms. The van der Waals surface area contributed by atoms with Crippen LogP contribution in [0.1, 0.15) is 43.7 Å². The van der Waals surface area contributed by atoms with Crippen molar-refractivity contribution >= 4 is 0 Å². The van der Waals surface area contributed by atoms with Crippen molar-refractivity contribution in [2.45, 2.75) is 51.0 Å². The Morgan fingerprint density at radius 3 is 2.84 bits per heavy atom. The molecule has 2 unspecified atom stereocenters. The summed E-state index contributed by atoms with van der Waals surface area (Å²) >= 11 is 0. The van der Waals surface area contributed by atoms with Crippen molar-refractivity contribution in [2.24, 2.45) is 5.84 Å². The molecule has 2 N–H and O–H groups in total. The molecule has 0 saturated carbocycles. The zero-order valence-electron chi connectivity index (χ0n) is 11.9. The summed E-state index contributed by atoms with van der Waals surface area (Å²) in [6.45, 7) is 5.06. The highest BCUT2D eigenvalue weighted by Crippen LogP contribution is 2.39. The summed E-state index contributed by atoms with van der Waals surface area (Å²) in [5.41, 5.74) is 2.04. The minimum Gasteiger partial charge on any atom is -0.269 e. The molecule has 3 nitrogen and oxygen atoms in total. The molecule has 0 aromatic heterocycles. The molecule has 2 rings (SSSR count). The van der Waals surface area contributed by atoms with E-state index in [2.05, 4.69) is 32.0 Å². The van der Waals surface area contributed by atoms with E-state index in [-0.39, 0.29) is 5.41 Å². The minimum absolute atomic E-state index is 0.318. The van der Waals surface area contributed by atoms with Crippen LogP contribution in [-0.2, 0) is 5.41 Å². The molecule has 3 heteroatoms. The molecular formula is C16H23N3. The summed E-state index contributed by atoms with van der Waals surface area (Å²) in [4.78, 5) is 0. The van der Waals surface area contributed by atoms with Crippen LogP contribution in [0.5, 0.6) is 0 Å². The van der Waals surface area contributed by atoms with Crippen LogP contribution in [0.2, 0.25) is 0 Å². The summed E-state index contributed by atoms with van der Waals surface area (Å²) in [5.74, 6) is 6.08. The monoisotopic (exact) mass is 257 g/mol. The Balaban J connectivity index is 2.34. The lowest BCUT2D eigenvalue weighted by atomic mass is 9.70. The second-order valence-electron chi connectivity index (χ2n) is 5.64. The summed E-state index contributed by atoms with van der Waals surface area (Å²) in [5, 5.41) is 11.7. The number of benzene rings is 1. The first-order chi connectivity index (χ1) is 9.13. The number of nitriles is 1. The van der Waals surface area contributed by atoms with E-state index in [9.17, 15) is 5.26 Å². The average Bonchev–Trinajstić information content (AvgIpc) is 2.43. The number of hydrogen-bond acceptors (Lipinski definition) is 3. The molecule has 1 aromatic rings. The van der Waals surface area contributed by atoms with Gasteiger partial charge >= 0.3 is 0 Å². The van der Waals surface area contributed by atoms with Gasteiger partial charge < -0.3 is 0 Å². The normalized spacial score (nSPS) is 28.0. The van der Waals surface area contributed by atoms with E-state index < -0.39 is 0 Å². The molecule has 0 radical (unpaired) electrons. The molecule has 0 amide bonds. The molecule has 0 aliphatic carbocycles. The van der Waals surface area contributed by atoms with E-state index in [0.29, 0.717) is 6.04 Å². The molecular weight excluding hydrogens is 234 g/mol. The van der Waals surface area contributed by atoms with Gasteiger partial charge in [-0.2, -0.15) is 5.26 Å². The first-order valence-corrected chi connectivity index (χ1v) is 7.11. The molecule has 1 fully saturated rings. The maximum absolute atomic E-state index is 9.78. The van der Waals surface area contributed by atoms with Crippen molar-refractivity contribution in [1.29, 1.82) is 5.26 Å². The number of hydrazine groups is 1. The molecule has 102 valence electrons. The molecule has 2 atom stereocenters. The van der Waals surface area contributed by atoms with Crippen LogP contribution >= 0.6 is 0 Å². The van der Waals surface area contributed by atoms with Gasteiger partial charge in [-0.1, -0.05) is 37.6 Å². The van der Waals surface area contributed by atoms with Crippen LogP contribution < -0.4 is 5.84 Å². The minimum atomic E-state index is -0.360. The molecule has 1 heterocycles. The van der Waals surface area contributed by atoms with E-state index >= 15 is 0 Å². The van der Waals surface area contributed by atoms with Crippen molar-refractivity contribution in [3.05, 3.63) is 35.4 Å². The van der Waals surface area contributed by atoms with E-state index in [4.69, 9.17) is 5.84 Å². The van der Waals surface area contributed by atoms with Gasteiger partial charge in [0.25, 0.3) is 0 Å². The van der Waals surface area contributed by atoms with Crippen LogP contribution in [0, 0.1) is 18.3 Å². The Morgan fingerprint density at radius 2 is 2.21 bits per heavy atom.